The summed E-state index contributed by atoms with van der Waals surface area (Å²) >= 11 is 0. The number of carbonyl (C=O) groups is 1. The molecule has 0 saturated carbocycles. The molecule has 0 aliphatic carbocycles. The SMILES string of the molecule is CC(C)CNC(=O)Cn1cncc1[C@@H](C)N. The van der Waals surface area contributed by atoms with E-state index in [1.165, 1.54) is 0 Å². The third kappa shape index (κ3) is 3.66. The Morgan fingerprint density at radius 1 is 1.56 bits per heavy atom. The molecule has 1 rings (SSSR count). The summed E-state index contributed by atoms with van der Waals surface area (Å²) in [6, 6.07) is -0.111. The second-order valence-corrected chi connectivity index (χ2v) is 4.43. The van der Waals surface area contributed by atoms with Gasteiger partial charge in [0.2, 0.25) is 5.91 Å². The number of rotatable bonds is 5. The first-order valence-electron chi connectivity index (χ1n) is 5.53. The number of imidazole rings is 1. The van der Waals surface area contributed by atoms with Crippen LogP contribution in [0.15, 0.2) is 12.5 Å². The highest BCUT2D eigenvalue weighted by Crippen LogP contribution is 2.07. The Balaban J connectivity index is 2.53. The van der Waals surface area contributed by atoms with E-state index in [4.69, 9.17) is 5.73 Å². The average molecular weight is 224 g/mol. The predicted molar refractivity (Wildman–Crippen MR) is 62.7 cm³/mol. The fourth-order valence-electron chi connectivity index (χ4n) is 1.37. The summed E-state index contributed by atoms with van der Waals surface area (Å²) < 4.78 is 1.78. The zero-order chi connectivity index (χ0) is 12.1. The number of nitrogens with one attached hydrogen (secondary N) is 1. The van der Waals surface area contributed by atoms with Gasteiger partial charge in [-0.25, -0.2) is 4.98 Å². The van der Waals surface area contributed by atoms with Gasteiger partial charge in [0.15, 0.2) is 0 Å². The van der Waals surface area contributed by atoms with Crippen molar-refractivity contribution in [3.05, 3.63) is 18.2 Å². The van der Waals surface area contributed by atoms with Crippen LogP contribution in [-0.4, -0.2) is 22.0 Å². The van der Waals surface area contributed by atoms with Crippen molar-refractivity contribution in [2.24, 2.45) is 11.7 Å². The Hall–Kier alpha value is -1.36. The van der Waals surface area contributed by atoms with Crippen molar-refractivity contribution >= 4 is 5.91 Å². The molecule has 0 radical (unpaired) electrons. The molecule has 1 heterocycles. The molecule has 0 saturated heterocycles. The van der Waals surface area contributed by atoms with E-state index in [0.29, 0.717) is 12.5 Å². The number of carbonyl (C=O) groups excluding carboxylic acids is 1. The molecule has 5 nitrogen and oxygen atoms in total. The molecular weight excluding hydrogens is 204 g/mol. The van der Waals surface area contributed by atoms with Crippen molar-refractivity contribution in [3.8, 4) is 0 Å². The van der Waals surface area contributed by atoms with Gasteiger partial charge in [0.05, 0.1) is 12.0 Å². The van der Waals surface area contributed by atoms with Gasteiger partial charge in [-0.15, -0.1) is 0 Å². The van der Waals surface area contributed by atoms with Crippen molar-refractivity contribution in [3.63, 3.8) is 0 Å². The van der Waals surface area contributed by atoms with E-state index in [0.717, 1.165) is 5.69 Å². The Morgan fingerprint density at radius 2 is 2.25 bits per heavy atom. The zero-order valence-corrected chi connectivity index (χ0v) is 10.1. The first-order valence-corrected chi connectivity index (χ1v) is 5.53. The zero-order valence-electron chi connectivity index (χ0n) is 10.1. The summed E-state index contributed by atoms with van der Waals surface area (Å²) in [5.41, 5.74) is 6.64. The summed E-state index contributed by atoms with van der Waals surface area (Å²) in [6.45, 7) is 6.97. The van der Waals surface area contributed by atoms with Gasteiger partial charge >= 0.3 is 0 Å². The minimum atomic E-state index is -0.111. The van der Waals surface area contributed by atoms with Crippen LogP contribution >= 0.6 is 0 Å². The average Bonchev–Trinajstić information content (AvgIpc) is 2.62. The molecule has 1 aromatic rings. The number of hydrogen-bond donors (Lipinski definition) is 2. The van der Waals surface area contributed by atoms with Crippen molar-refractivity contribution in [1.29, 1.82) is 0 Å². The maximum atomic E-state index is 11.6. The molecule has 1 atom stereocenters. The minimum Gasteiger partial charge on any atom is -0.354 e. The standard InChI is InChI=1S/C11H20N4O/c1-8(2)4-14-11(16)6-15-7-13-5-10(15)9(3)12/h5,7-9H,4,6,12H2,1-3H3,(H,14,16)/t9-/m1/s1. The van der Waals surface area contributed by atoms with Gasteiger partial charge in [0.1, 0.15) is 6.54 Å². The Kier molecular flexibility index (Phi) is 4.49. The lowest BCUT2D eigenvalue weighted by Crippen LogP contribution is -2.31. The molecule has 1 aromatic heterocycles. The quantitative estimate of drug-likeness (QED) is 0.772. The highest BCUT2D eigenvalue weighted by molar-refractivity contribution is 5.75. The number of nitrogens with two attached hydrogens (primary N) is 1. The molecule has 0 aliphatic heterocycles. The predicted octanol–water partition coefficient (Wildman–Crippen LogP) is 0.675. The van der Waals surface area contributed by atoms with Gasteiger partial charge in [-0.3, -0.25) is 4.79 Å². The third-order valence-electron chi connectivity index (χ3n) is 2.23. The van der Waals surface area contributed by atoms with Gasteiger partial charge in [-0.1, -0.05) is 13.8 Å². The van der Waals surface area contributed by atoms with E-state index >= 15 is 0 Å². The Labute approximate surface area is 96.0 Å². The molecule has 16 heavy (non-hydrogen) atoms. The molecule has 0 fully saturated rings. The second-order valence-electron chi connectivity index (χ2n) is 4.43. The first-order chi connectivity index (χ1) is 7.50. The number of amides is 1. The van der Waals surface area contributed by atoms with Crippen molar-refractivity contribution < 1.29 is 4.79 Å². The van der Waals surface area contributed by atoms with Gasteiger partial charge < -0.3 is 15.6 Å². The lowest BCUT2D eigenvalue weighted by molar-refractivity contribution is -0.121. The van der Waals surface area contributed by atoms with E-state index in [2.05, 4.69) is 24.1 Å². The van der Waals surface area contributed by atoms with Crippen LogP contribution in [0.4, 0.5) is 0 Å². The van der Waals surface area contributed by atoms with Crippen LogP contribution < -0.4 is 11.1 Å². The molecule has 5 heteroatoms. The summed E-state index contributed by atoms with van der Waals surface area (Å²) in [6.07, 6.45) is 3.33. The number of nitrogens with zero attached hydrogens (tertiary/aromatic N) is 2. The highest BCUT2D eigenvalue weighted by Gasteiger charge is 2.09. The van der Waals surface area contributed by atoms with Crippen molar-refractivity contribution in [2.75, 3.05) is 6.54 Å². The fraction of sp³-hybridized carbons (Fsp3) is 0.636. The molecule has 90 valence electrons. The molecule has 0 spiro atoms. The Morgan fingerprint density at radius 3 is 2.81 bits per heavy atom. The van der Waals surface area contributed by atoms with Gasteiger partial charge in [-0.2, -0.15) is 0 Å². The van der Waals surface area contributed by atoms with Crippen molar-refractivity contribution in [1.82, 2.24) is 14.9 Å². The van der Waals surface area contributed by atoms with Crippen LogP contribution in [0.3, 0.4) is 0 Å². The molecule has 0 aliphatic rings. The molecule has 1 amide bonds. The maximum absolute atomic E-state index is 11.6. The molecular formula is C11H20N4O. The van der Waals surface area contributed by atoms with E-state index in [-0.39, 0.29) is 18.5 Å². The van der Waals surface area contributed by atoms with Gasteiger partial charge in [0, 0.05) is 18.8 Å². The van der Waals surface area contributed by atoms with E-state index in [9.17, 15) is 4.79 Å². The lowest BCUT2D eigenvalue weighted by Gasteiger charge is -2.11. The topological polar surface area (TPSA) is 72.9 Å². The lowest BCUT2D eigenvalue weighted by atomic mass is 10.2. The number of aromatic nitrogens is 2. The normalized spacial score (nSPS) is 12.8. The van der Waals surface area contributed by atoms with Gasteiger partial charge in [0.25, 0.3) is 0 Å². The van der Waals surface area contributed by atoms with Gasteiger partial charge in [-0.05, 0) is 12.8 Å². The number of hydrogen-bond acceptors (Lipinski definition) is 3. The summed E-state index contributed by atoms with van der Waals surface area (Å²) in [4.78, 5) is 15.6. The third-order valence-corrected chi connectivity index (χ3v) is 2.23. The largest absolute Gasteiger partial charge is 0.354 e. The van der Waals surface area contributed by atoms with Crippen LogP contribution in [0.1, 0.15) is 32.5 Å². The Bertz CT molecular complexity index is 344. The monoisotopic (exact) mass is 224 g/mol. The first kappa shape index (κ1) is 12.7. The van der Waals surface area contributed by atoms with Crippen LogP contribution in [0, 0.1) is 5.92 Å². The molecule has 0 unspecified atom stereocenters. The second kappa shape index (κ2) is 5.65. The van der Waals surface area contributed by atoms with Crippen LogP contribution in [0.5, 0.6) is 0 Å². The van der Waals surface area contributed by atoms with Crippen LogP contribution in [-0.2, 0) is 11.3 Å². The minimum absolute atomic E-state index is 0.00593. The molecule has 0 bridgehead atoms. The van der Waals surface area contributed by atoms with E-state index in [1.54, 1.807) is 17.1 Å². The van der Waals surface area contributed by atoms with Crippen molar-refractivity contribution in [2.45, 2.75) is 33.4 Å². The smallest absolute Gasteiger partial charge is 0.239 e. The van der Waals surface area contributed by atoms with E-state index < -0.39 is 0 Å². The molecule has 0 aromatic carbocycles. The highest BCUT2D eigenvalue weighted by atomic mass is 16.1. The summed E-state index contributed by atoms with van der Waals surface area (Å²) in [7, 11) is 0. The van der Waals surface area contributed by atoms with Crippen LogP contribution in [0.25, 0.3) is 0 Å². The summed E-state index contributed by atoms with van der Waals surface area (Å²) in [5, 5.41) is 2.86. The van der Waals surface area contributed by atoms with Crippen LogP contribution in [0.2, 0.25) is 0 Å². The molecule has 3 N–H and O–H groups in total. The maximum Gasteiger partial charge on any atom is 0.239 e. The fourth-order valence-corrected chi connectivity index (χ4v) is 1.37. The summed E-state index contributed by atoms with van der Waals surface area (Å²) in [5.74, 6) is 0.452. The van der Waals surface area contributed by atoms with E-state index in [1.807, 2.05) is 6.92 Å².